The standard InChI is InChI=1S/C22H22N2O6/c1-4-29-20(25)13-30-17-8-6-16(7-9-17)21(26)14(2)24-22(27)18-10-5-15(12-23)11-19(18)28-3/h5-11,14H,4,13H2,1-3H3,(H,24,27). The molecule has 2 aromatic carbocycles. The topological polar surface area (TPSA) is 115 Å². The first-order valence-electron chi connectivity index (χ1n) is 9.21. The van der Waals surface area contributed by atoms with Crippen molar-refractivity contribution in [3.63, 3.8) is 0 Å². The van der Waals surface area contributed by atoms with Crippen LogP contribution in [0.3, 0.4) is 0 Å². The van der Waals surface area contributed by atoms with Crippen LogP contribution >= 0.6 is 0 Å². The van der Waals surface area contributed by atoms with Crippen molar-refractivity contribution in [2.24, 2.45) is 0 Å². The Bertz CT molecular complexity index is 963. The van der Waals surface area contributed by atoms with Crippen LogP contribution in [0.1, 0.15) is 40.1 Å². The Morgan fingerprint density at radius 2 is 1.83 bits per heavy atom. The molecule has 2 rings (SSSR count). The van der Waals surface area contributed by atoms with Gasteiger partial charge in [0, 0.05) is 5.56 Å². The molecular weight excluding hydrogens is 388 g/mol. The van der Waals surface area contributed by atoms with Crippen molar-refractivity contribution in [1.29, 1.82) is 5.26 Å². The van der Waals surface area contributed by atoms with E-state index in [1.54, 1.807) is 38.1 Å². The van der Waals surface area contributed by atoms with E-state index < -0.39 is 17.9 Å². The summed E-state index contributed by atoms with van der Waals surface area (Å²) in [5, 5.41) is 11.6. The molecule has 1 atom stereocenters. The van der Waals surface area contributed by atoms with Gasteiger partial charge in [-0.05, 0) is 56.3 Å². The highest BCUT2D eigenvalue weighted by Crippen LogP contribution is 2.20. The van der Waals surface area contributed by atoms with E-state index >= 15 is 0 Å². The van der Waals surface area contributed by atoms with Gasteiger partial charge in [-0.2, -0.15) is 5.26 Å². The Morgan fingerprint density at radius 3 is 2.43 bits per heavy atom. The number of ketones is 1. The number of hydrogen-bond donors (Lipinski definition) is 1. The van der Waals surface area contributed by atoms with E-state index in [1.807, 2.05) is 6.07 Å². The highest BCUT2D eigenvalue weighted by atomic mass is 16.6. The molecule has 0 saturated heterocycles. The number of methoxy groups -OCH3 is 1. The molecule has 2 aromatic rings. The molecule has 0 bridgehead atoms. The number of rotatable bonds is 9. The van der Waals surface area contributed by atoms with E-state index in [0.717, 1.165) is 0 Å². The van der Waals surface area contributed by atoms with E-state index in [2.05, 4.69) is 5.32 Å². The first-order valence-corrected chi connectivity index (χ1v) is 9.21. The van der Waals surface area contributed by atoms with Crippen LogP contribution in [0.2, 0.25) is 0 Å². The molecule has 1 N–H and O–H groups in total. The Morgan fingerprint density at radius 1 is 1.13 bits per heavy atom. The highest BCUT2D eigenvalue weighted by molar-refractivity contribution is 6.05. The number of Topliss-reactive ketones (excluding diaryl/α,β-unsaturated/α-hetero) is 1. The molecule has 0 saturated carbocycles. The quantitative estimate of drug-likeness (QED) is 0.499. The third-order valence-electron chi connectivity index (χ3n) is 4.12. The summed E-state index contributed by atoms with van der Waals surface area (Å²) in [5.41, 5.74) is 0.953. The minimum atomic E-state index is -0.802. The number of nitriles is 1. The van der Waals surface area contributed by atoms with Gasteiger partial charge < -0.3 is 19.5 Å². The third-order valence-corrected chi connectivity index (χ3v) is 4.12. The summed E-state index contributed by atoms with van der Waals surface area (Å²) >= 11 is 0. The average Bonchev–Trinajstić information content (AvgIpc) is 2.77. The summed E-state index contributed by atoms with van der Waals surface area (Å²) in [5.74, 6) is -0.611. The van der Waals surface area contributed by atoms with Gasteiger partial charge in [0.2, 0.25) is 0 Å². The maximum absolute atomic E-state index is 12.6. The van der Waals surface area contributed by atoms with Gasteiger partial charge in [0.05, 0.1) is 37.0 Å². The maximum atomic E-state index is 12.6. The van der Waals surface area contributed by atoms with Crippen molar-refractivity contribution in [1.82, 2.24) is 5.32 Å². The van der Waals surface area contributed by atoms with Crippen LogP contribution in [0.4, 0.5) is 0 Å². The van der Waals surface area contributed by atoms with Crippen LogP contribution in [0, 0.1) is 11.3 Å². The molecule has 0 fully saturated rings. The van der Waals surface area contributed by atoms with Gasteiger partial charge >= 0.3 is 5.97 Å². The number of esters is 1. The van der Waals surface area contributed by atoms with E-state index in [0.29, 0.717) is 16.9 Å². The number of nitrogens with zero attached hydrogens (tertiary/aromatic N) is 1. The maximum Gasteiger partial charge on any atom is 0.344 e. The average molecular weight is 410 g/mol. The number of ether oxygens (including phenoxy) is 3. The Hall–Kier alpha value is -3.86. The highest BCUT2D eigenvalue weighted by Gasteiger charge is 2.20. The predicted octanol–water partition coefficient (Wildman–Crippen LogP) is 2.51. The molecule has 0 radical (unpaired) electrons. The van der Waals surface area contributed by atoms with Crippen molar-refractivity contribution in [2.45, 2.75) is 19.9 Å². The lowest BCUT2D eigenvalue weighted by Crippen LogP contribution is -2.38. The molecule has 0 spiro atoms. The fourth-order valence-corrected chi connectivity index (χ4v) is 2.60. The van der Waals surface area contributed by atoms with Gasteiger partial charge in [0.15, 0.2) is 12.4 Å². The number of benzene rings is 2. The molecule has 1 amide bonds. The number of hydrogen-bond acceptors (Lipinski definition) is 7. The second-order valence-electron chi connectivity index (χ2n) is 6.20. The molecule has 30 heavy (non-hydrogen) atoms. The van der Waals surface area contributed by atoms with Crippen LogP contribution in [0.5, 0.6) is 11.5 Å². The summed E-state index contributed by atoms with van der Waals surface area (Å²) in [6, 6.07) is 11.8. The summed E-state index contributed by atoms with van der Waals surface area (Å²) in [7, 11) is 1.40. The molecule has 8 nitrogen and oxygen atoms in total. The van der Waals surface area contributed by atoms with Crippen molar-refractivity contribution in [2.75, 3.05) is 20.3 Å². The SMILES string of the molecule is CCOC(=O)COc1ccc(C(=O)C(C)NC(=O)c2ccc(C#N)cc2OC)cc1. The number of nitrogens with one attached hydrogen (secondary N) is 1. The first kappa shape index (κ1) is 22.4. The fraction of sp³-hybridized carbons (Fsp3) is 0.273. The smallest absolute Gasteiger partial charge is 0.344 e. The van der Waals surface area contributed by atoms with Gasteiger partial charge in [-0.3, -0.25) is 9.59 Å². The molecule has 0 aliphatic rings. The minimum absolute atomic E-state index is 0.221. The van der Waals surface area contributed by atoms with Gasteiger partial charge in [-0.15, -0.1) is 0 Å². The van der Waals surface area contributed by atoms with Gasteiger partial charge in [0.25, 0.3) is 5.91 Å². The third kappa shape index (κ3) is 5.82. The van der Waals surface area contributed by atoms with Crippen LogP contribution < -0.4 is 14.8 Å². The van der Waals surface area contributed by atoms with E-state index in [9.17, 15) is 14.4 Å². The van der Waals surface area contributed by atoms with Crippen molar-refractivity contribution >= 4 is 17.7 Å². The Labute approximate surface area is 174 Å². The van der Waals surface area contributed by atoms with Crippen molar-refractivity contribution in [3.8, 4) is 17.6 Å². The summed E-state index contributed by atoms with van der Waals surface area (Å²) in [6.07, 6.45) is 0. The molecule has 1 unspecified atom stereocenters. The molecule has 0 aromatic heterocycles. The van der Waals surface area contributed by atoms with Crippen LogP contribution in [-0.4, -0.2) is 44.0 Å². The van der Waals surface area contributed by atoms with Crippen LogP contribution in [0.25, 0.3) is 0 Å². The van der Waals surface area contributed by atoms with Gasteiger partial charge in [0.1, 0.15) is 11.5 Å². The summed E-state index contributed by atoms with van der Waals surface area (Å²) in [4.78, 5) is 36.5. The summed E-state index contributed by atoms with van der Waals surface area (Å²) in [6.45, 7) is 3.32. The molecule has 0 aliphatic heterocycles. The molecule has 0 heterocycles. The zero-order valence-electron chi connectivity index (χ0n) is 16.9. The fourth-order valence-electron chi connectivity index (χ4n) is 2.60. The summed E-state index contributed by atoms with van der Waals surface area (Å²) < 4.78 is 15.2. The predicted molar refractivity (Wildman–Crippen MR) is 108 cm³/mol. The Balaban J connectivity index is 2.01. The lowest BCUT2D eigenvalue weighted by Gasteiger charge is -2.15. The van der Waals surface area contributed by atoms with Crippen molar-refractivity contribution in [3.05, 3.63) is 59.2 Å². The second-order valence-corrected chi connectivity index (χ2v) is 6.20. The lowest BCUT2D eigenvalue weighted by molar-refractivity contribution is -0.145. The van der Waals surface area contributed by atoms with E-state index in [1.165, 1.54) is 25.3 Å². The van der Waals surface area contributed by atoms with Crippen LogP contribution in [0.15, 0.2) is 42.5 Å². The zero-order chi connectivity index (χ0) is 22.1. The zero-order valence-corrected chi connectivity index (χ0v) is 16.9. The van der Waals surface area contributed by atoms with Crippen molar-refractivity contribution < 1.29 is 28.6 Å². The van der Waals surface area contributed by atoms with Gasteiger partial charge in [-0.1, -0.05) is 0 Å². The molecule has 0 aliphatic carbocycles. The molecular formula is C22H22N2O6. The second kappa shape index (κ2) is 10.6. The number of carbonyl (C=O) groups excluding carboxylic acids is 3. The van der Waals surface area contributed by atoms with E-state index in [4.69, 9.17) is 19.5 Å². The lowest BCUT2D eigenvalue weighted by atomic mass is 10.0. The molecule has 8 heteroatoms. The van der Waals surface area contributed by atoms with Crippen LogP contribution in [-0.2, 0) is 9.53 Å². The van der Waals surface area contributed by atoms with Gasteiger partial charge in [-0.25, -0.2) is 4.79 Å². The van der Waals surface area contributed by atoms with E-state index in [-0.39, 0.29) is 30.3 Å². The normalized spacial score (nSPS) is 11.0. The monoisotopic (exact) mass is 410 g/mol. The molecule has 156 valence electrons. The first-order chi connectivity index (χ1) is 14.4. The number of carbonyl (C=O) groups is 3. The Kier molecular flexibility index (Phi) is 7.94. The largest absolute Gasteiger partial charge is 0.496 e. The number of amides is 1. The minimum Gasteiger partial charge on any atom is -0.496 e.